The molecular formula is C14H10F4O2. The summed E-state index contributed by atoms with van der Waals surface area (Å²) in [6.07, 6.45) is -4.63. The zero-order valence-corrected chi connectivity index (χ0v) is 10.1. The minimum absolute atomic E-state index is 0.0350. The molecule has 2 nitrogen and oxygen atoms in total. The SMILES string of the molecule is OCc1ccc(Oc2cccc(F)c2)c(C(F)(F)F)c1. The molecule has 0 aliphatic heterocycles. The van der Waals surface area contributed by atoms with Crippen LogP contribution in [-0.2, 0) is 12.8 Å². The number of halogens is 4. The van der Waals surface area contributed by atoms with E-state index in [0.29, 0.717) is 0 Å². The second kappa shape index (κ2) is 5.50. The molecule has 0 amide bonds. The number of hydrogen-bond acceptors (Lipinski definition) is 2. The number of aliphatic hydroxyl groups is 1. The maximum absolute atomic E-state index is 13.0. The van der Waals surface area contributed by atoms with Crippen molar-refractivity contribution < 1.29 is 27.4 Å². The Morgan fingerprint density at radius 2 is 1.80 bits per heavy atom. The van der Waals surface area contributed by atoms with Crippen LogP contribution in [0.2, 0.25) is 0 Å². The largest absolute Gasteiger partial charge is 0.457 e. The van der Waals surface area contributed by atoms with Crippen molar-refractivity contribution in [3.05, 3.63) is 59.4 Å². The van der Waals surface area contributed by atoms with E-state index in [1.807, 2.05) is 0 Å². The molecule has 0 aromatic heterocycles. The summed E-state index contributed by atoms with van der Waals surface area (Å²) in [5.74, 6) is -1.09. The van der Waals surface area contributed by atoms with Gasteiger partial charge in [-0.25, -0.2) is 4.39 Å². The third-order valence-electron chi connectivity index (χ3n) is 2.56. The van der Waals surface area contributed by atoms with Crippen molar-refractivity contribution >= 4 is 0 Å². The quantitative estimate of drug-likeness (QED) is 0.860. The summed E-state index contributed by atoms with van der Waals surface area (Å²) in [4.78, 5) is 0. The third kappa shape index (κ3) is 3.27. The molecule has 20 heavy (non-hydrogen) atoms. The molecule has 0 spiro atoms. The van der Waals surface area contributed by atoms with E-state index in [1.54, 1.807) is 0 Å². The van der Waals surface area contributed by atoms with Gasteiger partial charge in [0.2, 0.25) is 0 Å². The highest BCUT2D eigenvalue weighted by Crippen LogP contribution is 2.38. The van der Waals surface area contributed by atoms with Gasteiger partial charge in [0.25, 0.3) is 0 Å². The van der Waals surface area contributed by atoms with E-state index in [-0.39, 0.29) is 11.3 Å². The van der Waals surface area contributed by atoms with Crippen LogP contribution < -0.4 is 4.74 Å². The van der Waals surface area contributed by atoms with Gasteiger partial charge in [-0.3, -0.25) is 0 Å². The molecule has 0 fully saturated rings. The van der Waals surface area contributed by atoms with Crippen LogP contribution in [0.3, 0.4) is 0 Å². The minimum atomic E-state index is -4.63. The lowest BCUT2D eigenvalue weighted by Gasteiger charge is -2.14. The molecule has 0 unspecified atom stereocenters. The van der Waals surface area contributed by atoms with E-state index in [2.05, 4.69) is 0 Å². The lowest BCUT2D eigenvalue weighted by molar-refractivity contribution is -0.138. The summed E-state index contributed by atoms with van der Waals surface area (Å²) in [6.45, 7) is -0.511. The number of alkyl halides is 3. The van der Waals surface area contributed by atoms with Gasteiger partial charge in [0.05, 0.1) is 12.2 Å². The fourth-order valence-electron chi connectivity index (χ4n) is 1.64. The van der Waals surface area contributed by atoms with Gasteiger partial charge in [0.15, 0.2) is 0 Å². The summed E-state index contributed by atoms with van der Waals surface area (Å²) in [5.41, 5.74) is -0.905. The lowest BCUT2D eigenvalue weighted by atomic mass is 10.1. The second-order valence-corrected chi connectivity index (χ2v) is 4.05. The number of aliphatic hydroxyl groups excluding tert-OH is 1. The van der Waals surface area contributed by atoms with E-state index < -0.39 is 29.9 Å². The molecular weight excluding hydrogens is 276 g/mol. The molecule has 1 N–H and O–H groups in total. The lowest BCUT2D eigenvalue weighted by Crippen LogP contribution is -2.08. The number of hydrogen-bond donors (Lipinski definition) is 1. The minimum Gasteiger partial charge on any atom is -0.457 e. The Hall–Kier alpha value is -2.08. The zero-order valence-electron chi connectivity index (χ0n) is 10.1. The van der Waals surface area contributed by atoms with Crippen LogP contribution in [0.25, 0.3) is 0 Å². The fraction of sp³-hybridized carbons (Fsp3) is 0.143. The maximum atomic E-state index is 13.0. The van der Waals surface area contributed by atoms with E-state index in [4.69, 9.17) is 9.84 Å². The molecule has 2 aromatic carbocycles. The Balaban J connectivity index is 2.41. The second-order valence-electron chi connectivity index (χ2n) is 4.05. The van der Waals surface area contributed by atoms with Gasteiger partial charge in [-0.05, 0) is 29.8 Å². The first-order valence-corrected chi connectivity index (χ1v) is 5.64. The van der Waals surface area contributed by atoms with Gasteiger partial charge in [0.1, 0.15) is 17.3 Å². The molecule has 0 saturated heterocycles. The van der Waals surface area contributed by atoms with Crippen LogP contribution in [-0.4, -0.2) is 5.11 Å². The smallest absolute Gasteiger partial charge is 0.419 e. The first-order chi connectivity index (χ1) is 9.40. The summed E-state index contributed by atoms with van der Waals surface area (Å²) in [6, 6.07) is 8.04. The number of ether oxygens (including phenoxy) is 1. The highest BCUT2D eigenvalue weighted by atomic mass is 19.4. The van der Waals surface area contributed by atoms with Gasteiger partial charge in [-0.1, -0.05) is 12.1 Å². The van der Waals surface area contributed by atoms with E-state index >= 15 is 0 Å². The van der Waals surface area contributed by atoms with Crippen LogP contribution >= 0.6 is 0 Å². The van der Waals surface area contributed by atoms with Gasteiger partial charge in [0, 0.05) is 6.07 Å². The van der Waals surface area contributed by atoms with Crippen molar-refractivity contribution in [2.75, 3.05) is 0 Å². The zero-order chi connectivity index (χ0) is 14.8. The predicted octanol–water partition coefficient (Wildman–Crippen LogP) is 4.13. The summed E-state index contributed by atoms with van der Waals surface area (Å²) >= 11 is 0. The summed E-state index contributed by atoms with van der Waals surface area (Å²) < 4.78 is 56.8. The van der Waals surface area contributed by atoms with Crippen molar-refractivity contribution in [2.45, 2.75) is 12.8 Å². The molecule has 2 rings (SSSR count). The molecule has 0 radical (unpaired) electrons. The first kappa shape index (κ1) is 14.3. The van der Waals surface area contributed by atoms with Crippen LogP contribution in [0.5, 0.6) is 11.5 Å². The van der Waals surface area contributed by atoms with Crippen molar-refractivity contribution in [2.24, 2.45) is 0 Å². The predicted molar refractivity (Wildman–Crippen MR) is 63.8 cm³/mol. The maximum Gasteiger partial charge on any atom is 0.419 e. The van der Waals surface area contributed by atoms with Gasteiger partial charge in [-0.15, -0.1) is 0 Å². The molecule has 6 heteroatoms. The summed E-state index contributed by atoms with van der Waals surface area (Å²) in [7, 11) is 0. The monoisotopic (exact) mass is 286 g/mol. The molecule has 0 aliphatic carbocycles. The Morgan fingerprint density at radius 1 is 1.05 bits per heavy atom. The van der Waals surface area contributed by atoms with E-state index in [0.717, 1.165) is 24.3 Å². The topological polar surface area (TPSA) is 29.5 Å². The average Bonchev–Trinajstić information content (AvgIpc) is 2.38. The average molecular weight is 286 g/mol. The molecule has 0 atom stereocenters. The van der Waals surface area contributed by atoms with E-state index in [9.17, 15) is 17.6 Å². The molecule has 0 bridgehead atoms. The van der Waals surface area contributed by atoms with Crippen LogP contribution in [0.15, 0.2) is 42.5 Å². The van der Waals surface area contributed by atoms with Crippen molar-refractivity contribution in [1.29, 1.82) is 0 Å². The third-order valence-corrected chi connectivity index (χ3v) is 2.56. The van der Waals surface area contributed by atoms with Crippen LogP contribution in [0, 0.1) is 5.82 Å². The highest BCUT2D eigenvalue weighted by Gasteiger charge is 2.34. The fourth-order valence-corrected chi connectivity index (χ4v) is 1.64. The number of rotatable bonds is 3. The Kier molecular flexibility index (Phi) is 3.94. The molecule has 0 aliphatic rings. The van der Waals surface area contributed by atoms with Crippen molar-refractivity contribution in [3.63, 3.8) is 0 Å². The number of benzene rings is 2. The Morgan fingerprint density at radius 3 is 2.40 bits per heavy atom. The first-order valence-electron chi connectivity index (χ1n) is 5.64. The van der Waals surface area contributed by atoms with Crippen LogP contribution in [0.4, 0.5) is 17.6 Å². The Bertz CT molecular complexity index is 608. The van der Waals surface area contributed by atoms with Crippen molar-refractivity contribution in [3.8, 4) is 11.5 Å². The van der Waals surface area contributed by atoms with Gasteiger partial charge < -0.3 is 9.84 Å². The van der Waals surface area contributed by atoms with Crippen LogP contribution in [0.1, 0.15) is 11.1 Å². The molecule has 106 valence electrons. The standard InChI is InChI=1S/C14H10F4O2/c15-10-2-1-3-11(7-10)20-13-5-4-9(8-19)6-12(13)14(16,17)18/h1-7,19H,8H2. The highest BCUT2D eigenvalue weighted by molar-refractivity contribution is 5.42. The Labute approximate surface area is 112 Å². The van der Waals surface area contributed by atoms with E-state index in [1.165, 1.54) is 18.2 Å². The molecule has 2 aromatic rings. The van der Waals surface area contributed by atoms with Gasteiger partial charge >= 0.3 is 6.18 Å². The molecule has 0 saturated carbocycles. The summed E-state index contributed by atoms with van der Waals surface area (Å²) in [5, 5.41) is 8.89. The van der Waals surface area contributed by atoms with Crippen molar-refractivity contribution in [1.82, 2.24) is 0 Å². The van der Waals surface area contributed by atoms with Gasteiger partial charge in [-0.2, -0.15) is 13.2 Å². The normalized spacial score (nSPS) is 11.4. The molecule has 0 heterocycles.